The molecule has 0 amide bonds. The van der Waals surface area contributed by atoms with Crippen molar-refractivity contribution in [3.8, 4) is 0 Å². The van der Waals surface area contributed by atoms with Gasteiger partial charge in [0.15, 0.2) is 0 Å². The minimum absolute atomic E-state index is 0.157. The van der Waals surface area contributed by atoms with E-state index in [4.69, 9.17) is 18.0 Å². The summed E-state index contributed by atoms with van der Waals surface area (Å²) >= 11 is 4.84. The van der Waals surface area contributed by atoms with Gasteiger partial charge in [-0.15, -0.1) is 0 Å². The van der Waals surface area contributed by atoms with E-state index in [1.165, 1.54) is 16.8 Å². The van der Waals surface area contributed by atoms with E-state index in [0.717, 1.165) is 10.1 Å². The summed E-state index contributed by atoms with van der Waals surface area (Å²) in [6.45, 7) is 0.157. The predicted molar refractivity (Wildman–Crippen MR) is 75.2 cm³/mol. The predicted octanol–water partition coefficient (Wildman–Crippen LogP) is -0.376. The van der Waals surface area contributed by atoms with Crippen molar-refractivity contribution in [1.82, 2.24) is 14.1 Å². The second-order valence-electron chi connectivity index (χ2n) is 4.05. The number of rotatable bonds is 3. The van der Waals surface area contributed by atoms with E-state index in [2.05, 4.69) is 4.98 Å². The lowest BCUT2D eigenvalue weighted by Gasteiger charge is -2.07. The third-order valence-electron chi connectivity index (χ3n) is 2.66. The first-order valence-corrected chi connectivity index (χ1v) is 5.91. The Kier molecular flexibility index (Phi) is 3.57. The smallest absolute Gasteiger partial charge is 0.331 e. The number of hydrogen-bond donors (Lipinski definition) is 1. The van der Waals surface area contributed by atoms with Crippen molar-refractivity contribution in [1.29, 1.82) is 0 Å². The van der Waals surface area contributed by atoms with Crippen molar-refractivity contribution < 1.29 is 0 Å². The standard InChI is InChI=1S/C12H12N4O2S/c1-15-5-3-10(17)16(12(15)18)7-8-2-4-14-9(6-8)11(13)19/h2-6H,7H2,1H3,(H2,13,19). The van der Waals surface area contributed by atoms with E-state index in [9.17, 15) is 9.59 Å². The first kappa shape index (κ1) is 13.2. The van der Waals surface area contributed by atoms with Crippen LogP contribution in [0.25, 0.3) is 0 Å². The second-order valence-corrected chi connectivity index (χ2v) is 4.49. The highest BCUT2D eigenvalue weighted by Gasteiger charge is 2.05. The van der Waals surface area contributed by atoms with Crippen LogP contribution in [0.3, 0.4) is 0 Å². The van der Waals surface area contributed by atoms with Crippen LogP contribution in [0.4, 0.5) is 0 Å². The molecule has 19 heavy (non-hydrogen) atoms. The third kappa shape index (κ3) is 2.76. The Hall–Kier alpha value is -2.28. The highest BCUT2D eigenvalue weighted by molar-refractivity contribution is 7.80. The zero-order valence-corrected chi connectivity index (χ0v) is 11.1. The molecule has 0 fully saturated rings. The highest BCUT2D eigenvalue weighted by atomic mass is 32.1. The molecule has 2 rings (SSSR count). The van der Waals surface area contributed by atoms with E-state index in [0.29, 0.717) is 5.69 Å². The maximum atomic E-state index is 11.9. The molecule has 0 saturated heterocycles. The molecule has 0 saturated carbocycles. The van der Waals surface area contributed by atoms with Gasteiger partial charge in [-0.2, -0.15) is 0 Å². The lowest BCUT2D eigenvalue weighted by molar-refractivity contribution is 0.639. The van der Waals surface area contributed by atoms with Crippen LogP contribution in [0.2, 0.25) is 0 Å². The Morgan fingerprint density at radius 1 is 1.42 bits per heavy atom. The molecule has 98 valence electrons. The summed E-state index contributed by atoms with van der Waals surface area (Å²) in [4.78, 5) is 27.8. The Labute approximate surface area is 114 Å². The van der Waals surface area contributed by atoms with Gasteiger partial charge in [0, 0.05) is 25.5 Å². The Morgan fingerprint density at radius 3 is 2.84 bits per heavy atom. The first-order chi connectivity index (χ1) is 8.99. The van der Waals surface area contributed by atoms with Crippen molar-refractivity contribution in [2.45, 2.75) is 6.54 Å². The van der Waals surface area contributed by atoms with E-state index in [-0.39, 0.29) is 22.8 Å². The fraction of sp³-hybridized carbons (Fsp3) is 0.167. The van der Waals surface area contributed by atoms with Gasteiger partial charge in [-0.05, 0) is 17.7 Å². The molecule has 0 aliphatic heterocycles. The summed E-state index contributed by atoms with van der Waals surface area (Å²) in [7, 11) is 1.59. The monoisotopic (exact) mass is 276 g/mol. The van der Waals surface area contributed by atoms with Crippen molar-refractivity contribution >= 4 is 17.2 Å². The molecule has 0 aromatic carbocycles. The molecule has 0 unspecified atom stereocenters. The lowest BCUT2D eigenvalue weighted by atomic mass is 10.2. The molecule has 0 aliphatic carbocycles. The summed E-state index contributed by atoms with van der Waals surface area (Å²) in [6, 6.07) is 4.72. The Balaban J connectivity index is 2.45. The summed E-state index contributed by atoms with van der Waals surface area (Å²) < 4.78 is 2.48. The Morgan fingerprint density at radius 2 is 2.16 bits per heavy atom. The van der Waals surface area contributed by atoms with Crippen molar-refractivity contribution in [2.75, 3.05) is 0 Å². The quantitative estimate of drug-likeness (QED) is 0.773. The molecule has 0 spiro atoms. The van der Waals surface area contributed by atoms with E-state index >= 15 is 0 Å². The number of thiocarbonyl (C=S) groups is 1. The van der Waals surface area contributed by atoms with E-state index in [1.807, 2.05) is 0 Å². The van der Waals surface area contributed by atoms with Crippen molar-refractivity contribution in [3.63, 3.8) is 0 Å². The first-order valence-electron chi connectivity index (χ1n) is 5.50. The fourth-order valence-corrected chi connectivity index (χ4v) is 1.76. The van der Waals surface area contributed by atoms with Gasteiger partial charge >= 0.3 is 5.69 Å². The number of nitrogens with zero attached hydrogens (tertiary/aromatic N) is 3. The van der Waals surface area contributed by atoms with E-state index < -0.39 is 0 Å². The van der Waals surface area contributed by atoms with Crippen LogP contribution in [0, 0.1) is 0 Å². The zero-order valence-electron chi connectivity index (χ0n) is 10.2. The minimum atomic E-state index is -0.374. The molecule has 2 heterocycles. The number of pyridine rings is 1. The normalized spacial score (nSPS) is 10.4. The number of nitrogens with two attached hydrogens (primary N) is 1. The molecular formula is C12H12N4O2S. The molecule has 0 bridgehead atoms. The van der Waals surface area contributed by atoms with Crippen LogP contribution in [-0.4, -0.2) is 19.1 Å². The van der Waals surface area contributed by atoms with Gasteiger partial charge in [0.05, 0.1) is 12.2 Å². The maximum Gasteiger partial charge on any atom is 0.331 e. The third-order valence-corrected chi connectivity index (χ3v) is 2.87. The topological polar surface area (TPSA) is 82.9 Å². The van der Waals surface area contributed by atoms with Gasteiger partial charge in [-0.1, -0.05) is 12.2 Å². The van der Waals surface area contributed by atoms with Crippen LogP contribution >= 0.6 is 12.2 Å². The summed E-state index contributed by atoms with van der Waals surface area (Å²) in [6.07, 6.45) is 2.98. The van der Waals surface area contributed by atoms with Gasteiger partial charge in [0.1, 0.15) is 4.99 Å². The summed E-state index contributed by atoms with van der Waals surface area (Å²) in [5.41, 5.74) is 5.98. The maximum absolute atomic E-state index is 11.9. The number of aromatic nitrogens is 3. The van der Waals surface area contributed by atoms with Gasteiger partial charge in [0.25, 0.3) is 5.56 Å². The summed E-state index contributed by atoms with van der Waals surface area (Å²) in [5.74, 6) is 0. The zero-order chi connectivity index (χ0) is 14.0. The van der Waals surface area contributed by atoms with Gasteiger partial charge in [-0.25, -0.2) is 4.79 Å². The molecule has 7 heteroatoms. The largest absolute Gasteiger partial charge is 0.388 e. The molecule has 2 aromatic rings. The van der Waals surface area contributed by atoms with Crippen molar-refractivity contribution in [3.05, 3.63) is 62.7 Å². The summed E-state index contributed by atoms with van der Waals surface area (Å²) in [5, 5.41) is 0. The molecule has 2 N–H and O–H groups in total. The lowest BCUT2D eigenvalue weighted by Crippen LogP contribution is -2.38. The molecule has 0 atom stereocenters. The van der Waals surface area contributed by atoms with Crippen LogP contribution in [0.1, 0.15) is 11.3 Å². The van der Waals surface area contributed by atoms with Crippen molar-refractivity contribution in [2.24, 2.45) is 12.8 Å². The van der Waals surface area contributed by atoms with Gasteiger partial charge in [0.2, 0.25) is 0 Å². The average Bonchev–Trinajstić information content (AvgIpc) is 2.39. The van der Waals surface area contributed by atoms with Gasteiger partial charge in [-0.3, -0.25) is 14.3 Å². The molecular weight excluding hydrogens is 264 g/mol. The highest BCUT2D eigenvalue weighted by Crippen LogP contribution is 2.02. The molecule has 0 aliphatic rings. The van der Waals surface area contributed by atoms with Gasteiger partial charge < -0.3 is 10.3 Å². The van der Waals surface area contributed by atoms with Crippen LogP contribution in [-0.2, 0) is 13.6 Å². The molecule has 6 nitrogen and oxygen atoms in total. The van der Waals surface area contributed by atoms with Crippen LogP contribution < -0.4 is 17.0 Å². The Bertz CT molecular complexity index is 748. The molecule has 0 radical (unpaired) electrons. The number of hydrogen-bond acceptors (Lipinski definition) is 4. The van der Waals surface area contributed by atoms with Crippen LogP contribution in [0.15, 0.2) is 40.2 Å². The SMILES string of the molecule is Cn1ccc(=O)n(Cc2ccnc(C(N)=S)c2)c1=O. The van der Waals surface area contributed by atoms with E-state index in [1.54, 1.807) is 25.4 Å². The second kappa shape index (κ2) is 5.15. The van der Waals surface area contributed by atoms with Crippen LogP contribution in [0.5, 0.6) is 0 Å². The fourth-order valence-electron chi connectivity index (χ4n) is 1.65. The number of aryl methyl sites for hydroxylation is 1. The molecule has 2 aromatic heterocycles. The minimum Gasteiger partial charge on any atom is -0.388 e. The average molecular weight is 276 g/mol.